The minimum atomic E-state index is -0.118. The summed E-state index contributed by atoms with van der Waals surface area (Å²) in [6.45, 7) is 7.33. The zero-order valence-electron chi connectivity index (χ0n) is 16.8. The Morgan fingerprint density at radius 2 is 1.78 bits per heavy atom. The first kappa shape index (κ1) is 19.4. The molecule has 1 fully saturated rings. The van der Waals surface area contributed by atoms with Crippen LogP contribution in [-0.2, 0) is 11.3 Å². The van der Waals surface area contributed by atoms with Gasteiger partial charge in [-0.15, -0.1) is 0 Å². The van der Waals surface area contributed by atoms with Gasteiger partial charge >= 0.3 is 0 Å². The van der Waals surface area contributed by atoms with Crippen molar-refractivity contribution in [1.29, 1.82) is 0 Å². The van der Waals surface area contributed by atoms with Crippen LogP contribution in [0.25, 0.3) is 0 Å². The van der Waals surface area contributed by atoms with Crippen molar-refractivity contribution in [2.45, 2.75) is 58.2 Å². The Hall–Kier alpha value is -2.33. The average molecular weight is 368 g/mol. The molecule has 1 aliphatic rings. The number of carbonyl (C=O) groups is 1. The smallest absolute Gasteiger partial charge is 0.282 e. The number of nitrogens with one attached hydrogen (secondary N) is 2. The van der Waals surface area contributed by atoms with Gasteiger partial charge in [0.1, 0.15) is 12.3 Å². The fourth-order valence-corrected chi connectivity index (χ4v) is 3.52. The predicted octanol–water partition coefficient (Wildman–Crippen LogP) is 3.39. The summed E-state index contributed by atoms with van der Waals surface area (Å²) < 4.78 is 5.35. The summed E-state index contributed by atoms with van der Waals surface area (Å²) >= 11 is 0. The van der Waals surface area contributed by atoms with Gasteiger partial charge in [0.15, 0.2) is 6.04 Å². The van der Waals surface area contributed by atoms with Crippen molar-refractivity contribution >= 4 is 11.6 Å². The molecule has 1 unspecified atom stereocenters. The SMILES string of the molecule is COc1ccccc1NC(=O)[C@H](C)[NH+](Cc1ccc(C(C)C)cc1)C1CC1. The lowest BCUT2D eigenvalue weighted by molar-refractivity contribution is -0.938. The Kier molecular flexibility index (Phi) is 6.17. The molecule has 0 aliphatic heterocycles. The molecule has 4 heteroatoms. The van der Waals surface area contributed by atoms with Crippen LogP contribution in [0.4, 0.5) is 5.69 Å². The summed E-state index contributed by atoms with van der Waals surface area (Å²) in [7, 11) is 1.62. The van der Waals surface area contributed by atoms with E-state index in [1.165, 1.54) is 28.9 Å². The lowest BCUT2D eigenvalue weighted by Gasteiger charge is -2.26. The van der Waals surface area contributed by atoms with Gasteiger partial charge in [0.2, 0.25) is 0 Å². The van der Waals surface area contributed by atoms with E-state index in [2.05, 4.69) is 43.4 Å². The molecule has 0 spiro atoms. The molecule has 0 radical (unpaired) electrons. The highest BCUT2D eigenvalue weighted by Gasteiger charge is 2.39. The molecule has 1 saturated carbocycles. The number of amides is 1. The molecule has 1 amide bonds. The van der Waals surface area contributed by atoms with Gasteiger partial charge < -0.3 is 15.0 Å². The third-order valence-electron chi connectivity index (χ3n) is 5.47. The topological polar surface area (TPSA) is 42.8 Å². The van der Waals surface area contributed by atoms with Crippen LogP contribution in [0, 0.1) is 0 Å². The van der Waals surface area contributed by atoms with E-state index >= 15 is 0 Å². The Morgan fingerprint density at radius 1 is 1.11 bits per heavy atom. The molecule has 2 aromatic carbocycles. The highest BCUT2D eigenvalue weighted by molar-refractivity contribution is 5.94. The van der Waals surface area contributed by atoms with Gasteiger partial charge in [-0.25, -0.2) is 0 Å². The van der Waals surface area contributed by atoms with E-state index in [1.807, 2.05) is 31.2 Å². The summed E-state index contributed by atoms with van der Waals surface area (Å²) in [6.07, 6.45) is 2.40. The molecular formula is C23H31N2O2+. The van der Waals surface area contributed by atoms with Crippen molar-refractivity contribution in [2.24, 2.45) is 0 Å². The Bertz CT molecular complexity index is 766. The molecule has 144 valence electrons. The van der Waals surface area contributed by atoms with Gasteiger partial charge in [0.05, 0.1) is 18.8 Å². The number of methoxy groups -OCH3 is 1. The molecule has 2 atom stereocenters. The van der Waals surface area contributed by atoms with E-state index in [4.69, 9.17) is 4.74 Å². The standard InChI is InChI=1S/C23H30N2O2/c1-16(2)19-11-9-18(10-12-19)15-25(20-13-14-20)17(3)23(26)24-21-7-5-6-8-22(21)27-4/h5-12,16-17,20H,13-15H2,1-4H3,(H,24,26)/p+1/t17-/m0/s1. The maximum absolute atomic E-state index is 12.9. The number of quaternary nitrogens is 1. The Labute approximate surface area is 162 Å². The first-order valence-corrected chi connectivity index (χ1v) is 9.88. The van der Waals surface area contributed by atoms with E-state index in [0.29, 0.717) is 17.7 Å². The van der Waals surface area contributed by atoms with Crippen LogP contribution in [0.5, 0.6) is 5.75 Å². The van der Waals surface area contributed by atoms with Crippen molar-refractivity contribution in [3.8, 4) is 5.75 Å². The molecule has 3 rings (SSSR count). The van der Waals surface area contributed by atoms with Crippen molar-refractivity contribution in [1.82, 2.24) is 0 Å². The minimum Gasteiger partial charge on any atom is -0.495 e. The van der Waals surface area contributed by atoms with E-state index in [-0.39, 0.29) is 11.9 Å². The Morgan fingerprint density at radius 3 is 2.37 bits per heavy atom. The van der Waals surface area contributed by atoms with Crippen LogP contribution in [0.15, 0.2) is 48.5 Å². The van der Waals surface area contributed by atoms with Gasteiger partial charge in [0.25, 0.3) is 5.91 Å². The zero-order valence-corrected chi connectivity index (χ0v) is 16.8. The van der Waals surface area contributed by atoms with Crippen LogP contribution in [0.1, 0.15) is 50.7 Å². The van der Waals surface area contributed by atoms with Gasteiger partial charge in [-0.05, 0) is 30.5 Å². The predicted molar refractivity (Wildman–Crippen MR) is 109 cm³/mol. The highest BCUT2D eigenvalue weighted by atomic mass is 16.5. The number of benzene rings is 2. The van der Waals surface area contributed by atoms with E-state index in [1.54, 1.807) is 7.11 Å². The highest BCUT2D eigenvalue weighted by Crippen LogP contribution is 2.23. The van der Waals surface area contributed by atoms with Crippen molar-refractivity contribution in [3.63, 3.8) is 0 Å². The molecule has 4 nitrogen and oxygen atoms in total. The molecule has 2 aromatic rings. The number of hydrogen-bond donors (Lipinski definition) is 2. The third-order valence-corrected chi connectivity index (χ3v) is 5.47. The largest absolute Gasteiger partial charge is 0.495 e. The van der Waals surface area contributed by atoms with Gasteiger partial charge in [-0.1, -0.05) is 50.2 Å². The number of carbonyl (C=O) groups excluding carboxylic acids is 1. The summed E-state index contributed by atoms with van der Waals surface area (Å²) in [4.78, 5) is 14.2. The normalized spacial score (nSPS) is 16.0. The van der Waals surface area contributed by atoms with Crippen LogP contribution in [0.2, 0.25) is 0 Å². The van der Waals surface area contributed by atoms with Crippen molar-refractivity contribution < 1.29 is 14.4 Å². The molecule has 0 heterocycles. The van der Waals surface area contributed by atoms with Crippen molar-refractivity contribution in [3.05, 3.63) is 59.7 Å². The third kappa shape index (κ3) is 4.89. The molecule has 2 N–H and O–H groups in total. The molecule has 0 aromatic heterocycles. The fraction of sp³-hybridized carbons (Fsp3) is 0.435. The van der Waals surface area contributed by atoms with Crippen molar-refractivity contribution in [2.75, 3.05) is 12.4 Å². The molecule has 0 bridgehead atoms. The first-order chi connectivity index (χ1) is 13.0. The first-order valence-electron chi connectivity index (χ1n) is 9.88. The monoisotopic (exact) mass is 367 g/mol. The number of ether oxygens (including phenoxy) is 1. The van der Waals surface area contributed by atoms with Crippen LogP contribution < -0.4 is 15.0 Å². The lowest BCUT2D eigenvalue weighted by Crippen LogP contribution is -3.16. The van der Waals surface area contributed by atoms with Crippen LogP contribution in [0.3, 0.4) is 0 Å². The van der Waals surface area contributed by atoms with E-state index in [9.17, 15) is 4.79 Å². The Balaban J connectivity index is 1.69. The molecule has 27 heavy (non-hydrogen) atoms. The minimum absolute atomic E-state index is 0.0419. The van der Waals surface area contributed by atoms with Crippen LogP contribution in [-0.4, -0.2) is 25.1 Å². The van der Waals surface area contributed by atoms with Crippen LogP contribution >= 0.6 is 0 Å². The molecule has 1 aliphatic carbocycles. The van der Waals surface area contributed by atoms with Gasteiger partial charge in [0, 0.05) is 18.4 Å². The summed E-state index contributed by atoms with van der Waals surface area (Å²) in [5.74, 6) is 1.27. The molecular weight excluding hydrogens is 336 g/mol. The summed E-state index contributed by atoms with van der Waals surface area (Å²) in [5.41, 5.74) is 3.38. The number of hydrogen-bond acceptors (Lipinski definition) is 2. The summed E-state index contributed by atoms with van der Waals surface area (Å²) in [5, 5.41) is 3.05. The number of para-hydroxylation sites is 2. The second-order valence-corrected chi connectivity index (χ2v) is 7.83. The van der Waals surface area contributed by atoms with E-state index < -0.39 is 0 Å². The summed E-state index contributed by atoms with van der Waals surface area (Å²) in [6, 6.07) is 16.9. The molecule has 0 saturated heterocycles. The number of rotatable bonds is 8. The maximum atomic E-state index is 12.9. The second-order valence-electron chi connectivity index (χ2n) is 7.83. The second kappa shape index (κ2) is 8.57. The quantitative estimate of drug-likeness (QED) is 0.751. The lowest BCUT2D eigenvalue weighted by atomic mass is 10.0. The van der Waals surface area contributed by atoms with Gasteiger partial charge in [-0.2, -0.15) is 0 Å². The fourth-order valence-electron chi connectivity index (χ4n) is 3.52. The average Bonchev–Trinajstić information content (AvgIpc) is 3.51. The number of anilines is 1. The van der Waals surface area contributed by atoms with E-state index in [0.717, 1.165) is 12.2 Å². The maximum Gasteiger partial charge on any atom is 0.282 e. The zero-order chi connectivity index (χ0) is 19.4. The van der Waals surface area contributed by atoms with Gasteiger partial charge in [-0.3, -0.25) is 4.79 Å².